The normalized spacial score (nSPS) is 16.5. The van der Waals surface area contributed by atoms with Gasteiger partial charge in [-0.1, -0.05) is 51.1 Å². The van der Waals surface area contributed by atoms with Crippen molar-refractivity contribution in [2.24, 2.45) is 11.3 Å². The van der Waals surface area contributed by atoms with E-state index in [0.717, 1.165) is 30.5 Å². The minimum absolute atomic E-state index is 0.154. The minimum Gasteiger partial charge on any atom is -0.495 e. The molecule has 0 fully saturated rings. The number of aryl methyl sites for hydroxylation is 2. The van der Waals surface area contributed by atoms with Crippen LogP contribution in [0.3, 0.4) is 0 Å². The maximum absolute atomic E-state index is 13.1. The summed E-state index contributed by atoms with van der Waals surface area (Å²) in [5.74, 6) is 0.930. The van der Waals surface area contributed by atoms with Gasteiger partial charge in [-0.3, -0.25) is 4.79 Å². The number of halogens is 1. The highest BCUT2D eigenvalue weighted by atomic mass is 35.5. The monoisotopic (exact) mass is 485 g/mol. The van der Waals surface area contributed by atoms with E-state index in [-0.39, 0.29) is 11.3 Å². The van der Waals surface area contributed by atoms with Crippen molar-refractivity contribution in [1.82, 2.24) is 4.98 Å². The largest absolute Gasteiger partial charge is 0.495 e. The van der Waals surface area contributed by atoms with Crippen LogP contribution in [0.15, 0.2) is 23.2 Å². The molecule has 1 aliphatic carbocycles. The molecule has 0 bridgehead atoms. The van der Waals surface area contributed by atoms with Crippen LogP contribution in [0.1, 0.15) is 62.9 Å². The van der Waals surface area contributed by atoms with E-state index < -0.39 is 5.25 Å². The number of fused-ring (bicyclic) bond motifs is 1. The maximum atomic E-state index is 13.1. The van der Waals surface area contributed by atoms with Crippen molar-refractivity contribution in [2.45, 2.75) is 70.6 Å². The fourth-order valence-electron chi connectivity index (χ4n) is 4.15. The van der Waals surface area contributed by atoms with E-state index in [4.69, 9.17) is 21.3 Å². The van der Waals surface area contributed by atoms with Crippen LogP contribution in [-0.4, -0.2) is 23.3 Å². The van der Waals surface area contributed by atoms with Gasteiger partial charge in [-0.15, -0.1) is 0 Å². The highest BCUT2D eigenvalue weighted by Crippen LogP contribution is 2.39. The van der Waals surface area contributed by atoms with Gasteiger partial charge >= 0.3 is 0 Å². The molecule has 1 aromatic heterocycles. The topological polar surface area (TPSA) is 75.0 Å². The molecule has 0 radical (unpaired) electrons. The number of carbonyl (C=O) groups is 1. The fraction of sp³-hybridized carbons (Fsp3) is 0.500. The summed E-state index contributed by atoms with van der Waals surface area (Å²) in [4.78, 5) is 18.0. The number of thioether (sulfide) groups is 1. The Morgan fingerprint density at radius 3 is 2.73 bits per heavy atom. The summed E-state index contributed by atoms with van der Waals surface area (Å²) in [6.07, 6.45) is 3.54. The number of nitrogens with zero attached hydrogens (tertiary/aromatic N) is 2. The van der Waals surface area contributed by atoms with E-state index in [9.17, 15) is 10.1 Å². The summed E-state index contributed by atoms with van der Waals surface area (Å²) in [6.45, 7) is 10.7. The first-order chi connectivity index (χ1) is 15.6. The summed E-state index contributed by atoms with van der Waals surface area (Å²) in [7, 11) is 1.54. The zero-order valence-corrected chi connectivity index (χ0v) is 21.8. The number of methoxy groups -OCH3 is 1. The van der Waals surface area contributed by atoms with Crippen molar-refractivity contribution in [3.8, 4) is 11.8 Å². The minimum atomic E-state index is -0.394. The Labute approximate surface area is 206 Å². The van der Waals surface area contributed by atoms with Gasteiger partial charge in [-0.25, -0.2) is 4.98 Å². The Balaban J connectivity index is 1.82. The molecule has 1 heterocycles. The number of carbonyl (C=O) groups excluding carboxylic acids is 1. The number of rotatable bonds is 6. The van der Waals surface area contributed by atoms with Crippen LogP contribution < -0.4 is 10.1 Å². The molecule has 33 heavy (non-hydrogen) atoms. The van der Waals surface area contributed by atoms with E-state index >= 15 is 0 Å². The smallest absolute Gasteiger partial charge is 0.238 e. The molecule has 2 aromatic rings. The van der Waals surface area contributed by atoms with Gasteiger partial charge in [0.25, 0.3) is 0 Å². The Bertz CT molecular complexity index is 1090. The number of ether oxygens (including phenoxy) is 1. The van der Waals surface area contributed by atoms with Crippen molar-refractivity contribution in [3.63, 3.8) is 0 Å². The van der Waals surface area contributed by atoms with E-state index in [1.807, 2.05) is 19.9 Å². The van der Waals surface area contributed by atoms with E-state index in [1.54, 1.807) is 19.2 Å². The van der Waals surface area contributed by atoms with E-state index in [2.05, 4.69) is 32.2 Å². The Morgan fingerprint density at radius 2 is 2.12 bits per heavy atom. The van der Waals surface area contributed by atoms with Crippen molar-refractivity contribution in [1.29, 1.82) is 5.26 Å². The van der Waals surface area contributed by atoms with Gasteiger partial charge in [0.05, 0.1) is 23.6 Å². The van der Waals surface area contributed by atoms with Gasteiger partial charge in [0, 0.05) is 16.8 Å². The van der Waals surface area contributed by atoms with E-state index in [1.165, 1.54) is 17.3 Å². The number of pyridine rings is 1. The third-order valence-corrected chi connectivity index (χ3v) is 8.13. The third-order valence-electron chi connectivity index (χ3n) is 6.35. The average Bonchev–Trinajstić information content (AvgIpc) is 2.77. The van der Waals surface area contributed by atoms with Crippen LogP contribution in [0.4, 0.5) is 5.69 Å². The molecule has 1 amide bonds. The van der Waals surface area contributed by atoms with Gasteiger partial charge in [-0.2, -0.15) is 5.26 Å². The first kappa shape index (κ1) is 25.4. The Kier molecular flexibility index (Phi) is 7.97. The molecule has 0 spiro atoms. The van der Waals surface area contributed by atoms with Crippen LogP contribution in [0.5, 0.6) is 5.75 Å². The first-order valence-corrected chi connectivity index (χ1v) is 12.6. The number of hydrogen-bond donors (Lipinski definition) is 1. The molecule has 176 valence electrons. The molecule has 1 N–H and O–H groups in total. The molecule has 3 rings (SSSR count). The first-order valence-electron chi connectivity index (χ1n) is 11.3. The standard InChI is InChI=1S/C26H32ClN3O2S/c1-7-23(24(31)29-21-10-15(2)19(27)13-22(21)32-6)33-25-17(14-28)11-16-12-18(26(3,4)5)8-9-20(16)30-25/h10-11,13,18,23H,7-9,12H2,1-6H3,(H,29,31). The van der Waals surface area contributed by atoms with Crippen molar-refractivity contribution < 1.29 is 9.53 Å². The molecule has 2 unspecified atom stereocenters. The summed E-state index contributed by atoms with van der Waals surface area (Å²) >= 11 is 7.54. The molecule has 2 atom stereocenters. The van der Waals surface area contributed by atoms with Gasteiger partial charge in [0.15, 0.2) is 0 Å². The highest BCUT2D eigenvalue weighted by molar-refractivity contribution is 8.00. The number of amides is 1. The number of anilines is 1. The summed E-state index contributed by atoms with van der Waals surface area (Å²) < 4.78 is 5.38. The molecule has 7 heteroatoms. The van der Waals surface area contributed by atoms with Crippen LogP contribution in [0, 0.1) is 29.6 Å². The Hall–Kier alpha value is -2.23. The van der Waals surface area contributed by atoms with Crippen molar-refractivity contribution in [2.75, 3.05) is 12.4 Å². The van der Waals surface area contributed by atoms with Gasteiger partial charge < -0.3 is 10.1 Å². The predicted molar refractivity (Wildman–Crippen MR) is 135 cm³/mol. The number of hydrogen-bond acceptors (Lipinski definition) is 5. The predicted octanol–water partition coefficient (Wildman–Crippen LogP) is 6.58. The molecule has 0 saturated carbocycles. The van der Waals surface area contributed by atoms with Crippen molar-refractivity contribution in [3.05, 3.63) is 45.6 Å². The number of nitrogens with one attached hydrogen (secondary N) is 1. The zero-order chi connectivity index (χ0) is 24.3. The molecule has 1 aromatic carbocycles. The van der Waals surface area contributed by atoms with Gasteiger partial charge in [0.2, 0.25) is 5.91 Å². The average molecular weight is 486 g/mol. The second kappa shape index (κ2) is 10.4. The fourth-order valence-corrected chi connectivity index (χ4v) is 5.30. The number of benzene rings is 1. The summed E-state index contributed by atoms with van der Waals surface area (Å²) in [6, 6.07) is 7.79. The lowest BCUT2D eigenvalue weighted by molar-refractivity contribution is -0.115. The molecular weight excluding hydrogens is 454 g/mol. The summed E-state index contributed by atoms with van der Waals surface area (Å²) in [5, 5.41) is 13.6. The highest BCUT2D eigenvalue weighted by Gasteiger charge is 2.31. The van der Waals surface area contributed by atoms with Crippen LogP contribution in [0.25, 0.3) is 0 Å². The lowest BCUT2D eigenvalue weighted by atomic mass is 9.71. The van der Waals surface area contributed by atoms with E-state index in [0.29, 0.717) is 39.4 Å². The molecule has 0 saturated heterocycles. The van der Waals surface area contributed by atoms with Crippen LogP contribution in [0.2, 0.25) is 5.02 Å². The maximum Gasteiger partial charge on any atom is 0.238 e. The van der Waals surface area contributed by atoms with Crippen molar-refractivity contribution >= 4 is 35.0 Å². The molecule has 5 nitrogen and oxygen atoms in total. The molecule has 1 aliphatic rings. The quantitative estimate of drug-likeness (QED) is 0.467. The second-order valence-corrected chi connectivity index (χ2v) is 11.3. The number of aromatic nitrogens is 1. The van der Waals surface area contributed by atoms with Crippen LogP contribution >= 0.6 is 23.4 Å². The van der Waals surface area contributed by atoms with Gasteiger partial charge in [-0.05, 0) is 67.2 Å². The zero-order valence-electron chi connectivity index (χ0n) is 20.2. The lowest BCUT2D eigenvalue weighted by Gasteiger charge is -2.34. The molecular formula is C26H32ClN3O2S. The summed E-state index contributed by atoms with van der Waals surface area (Å²) in [5.41, 5.74) is 4.42. The second-order valence-electron chi connectivity index (χ2n) is 9.67. The SMILES string of the molecule is CCC(Sc1nc2c(cc1C#N)CC(C(C)(C)C)CC2)C(=O)Nc1cc(C)c(Cl)cc1OC. The van der Waals surface area contributed by atoms with Gasteiger partial charge in [0.1, 0.15) is 16.8 Å². The lowest BCUT2D eigenvalue weighted by Crippen LogP contribution is -2.28. The Morgan fingerprint density at radius 1 is 1.39 bits per heavy atom. The van der Waals surface area contributed by atoms with Crippen LogP contribution in [-0.2, 0) is 17.6 Å². The molecule has 0 aliphatic heterocycles. The number of nitriles is 1. The third kappa shape index (κ3) is 5.83.